The van der Waals surface area contributed by atoms with Gasteiger partial charge in [-0.2, -0.15) is 0 Å². The van der Waals surface area contributed by atoms with Crippen LogP contribution in [0.5, 0.6) is 0 Å². The monoisotopic (exact) mass is 168 g/mol. The van der Waals surface area contributed by atoms with E-state index in [-0.39, 0.29) is 0 Å². The van der Waals surface area contributed by atoms with E-state index in [4.69, 9.17) is 0 Å². The van der Waals surface area contributed by atoms with Gasteiger partial charge < -0.3 is 5.32 Å². The third kappa shape index (κ3) is 4.94. The summed E-state index contributed by atoms with van der Waals surface area (Å²) in [5.74, 6) is 0.671. The van der Waals surface area contributed by atoms with Crippen molar-refractivity contribution in [2.45, 2.75) is 27.2 Å². The number of hydrogen-bond acceptors (Lipinski definition) is 2. The summed E-state index contributed by atoms with van der Waals surface area (Å²) in [4.78, 5) is 4.22. The Hall–Kier alpha value is -0.790. The molecule has 0 amide bonds. The van der Waals surface area contributed by atoms with Crippen molar-refractivity contribution >= 4 is 5.71 Å². The van der Waals surface area contributed by atoms with Crippen molar-refractivity contribution in [3.8, 4) is 0 Å². The Bertz CT molecular complexity index is 178. The molecule has 0 aliphatic rings. The number of allylic oxidation sites excluding steroid dienone is 2. The highest BCUT2D eigenvalue weighted by atomic mass is 14.8. The highest BCUT2D eigenvalue weighted by Gasteiger charge is 1.98. The van der Waals surface area contributed by atoms with Crippen molar-refractivity contribution in [3.63, 3.8) is 0 Å². The first-order chi connectivity index (χ1) is 5.60. The summed E-state index contributed by atoms with van der Waals surface area (Å²) in [6, 6.07) is 0. The summed E-state index contributed by atoms with van der Waals surface area (Å²) in [5, 5.41) is 3.08. The minimum Gasteiger partial charge on any atom is -0.392 e. The Morgan fingerprint density at radius 2 is 2.08 bits per heavy atom. The maximum atomic E-state index is 4.22. The van der Waals surface area contributed by atoms with Gasteiger partial charge in [0, 0.05) is 25.5 Å². The summed E-state index contributed by atoms with van der Waals surface area (Å²) in [6.45, 7) is 6.45. The van der Waals surface area contributed by atoms with Crippen LogP contribution in [0.1, 0.15) is 27.2 Å². The molecule has 0 saturated carbocycles. The summed E-state index contributed by atoms with van der Waals surface area (Å²) < 4.78 is 0. The lowest BCUT2D eigenvalue weighted by Gasteiger charge is -2.05. The molecule has 0 unspecified atom stereocenters. The van der Waals surface area contributed by atoms with E-state index in [9.17, 15) is 0 Å². The first-order valence-corrected chi connectivity index (χ1v) is 4.41. The zero-order chi connectivity index (χ0) is 9.56. The zero-order valence-corrected chi connectivity index (χ0v) is 8.81. The fourth-order valence-electron chi connectivity index (χ4n) is 0.955. The first-order valence-electron chi connectivity index (χ1n) is 4.41. The zero-order valence-electron chi connectivity index (χ0n) is 8.81. The average molecular weight is 168 g/mol. The van der Waals surface area contributed by atoms with Crippen LogP contribution in [-0.4, -0.2) is 19.8 Å². The van der Waals surface area contributed by atoms with Crippen LogP contribution in [-0.2, 0) is 0 Å². The summed E-state index contributed by atoms with van der Waals surface area (Å²) in [5.41, 5.74) is 2.33. The molecular formula is C10H20N2. The Balaban J connectivity index is 4.19. The van der Waals surface area contributed by atoms with Crippen LogP contribution in [0.4, 0.5) is 0 Å². The van der Waals surface area contributed by atoms with Crippen LogP contribution in [0, 0.1) is 5.92 Å². The third-order valence-corrected chi connectivity index (χ3v) is 1.68. The fourth-order valence-corrected chi connectivity index (χ4v) is 0.955. The maximum absolute atomic E-state index is 4.22. The van der Waals surface area contributed by atoms with Crippen molar-refractivity contribution in [2.24, 2.45) is 10.9 Å². The second-order valence-electron chi connectivity index (χ2n) is 3.39. The van der Waals surface area contributed by atoms with Gasteiger partial charge in [-0.05, 0) is 25.3 Å². The van der Waals surface area contributed by atoms with Gasteiger partial charge in [-0.25, -0.2) is 0 Å². The molecule has 0 aromatic rings. The standard InChI is InChI=1S/C10H20N2/c1-8(2)6-10(12-5)7-9(3)11-4/h7-8,11H,6H2,1-5H3/b9-7-,12-10-. The van der Waals surface area contributed by atoms with E-state index in [1.165, 1.54) is 0 Å². The van der Waals surface area contributed by atoms with Gasteiger partial charge in [-0.15, -0.1) is 0 Å². The van der Waals surface area contributed by atoms with Gasteiger partial charge in [0.1, 0.15) is 0 Å². The van der Waals surface area contributed by atoms with E-state index in [0.717, 1.165) is 17.8 Å². The highest BCUT2D eigenvalue weighted by molar-refractivity contribution is 5.95. The molecule has 0 heterocycles. The molecule has 0 aromatic heterocycles. The molecule has 0 saturated heterocycles. The summed E-state index contributed by atoms with van der Waals surface area (Å²) in [6.07, 6.45) is 3.15. The van der Waals surface area contributed by atoms with Crippen LogP contribution in [0.2, 0.25) is 0 Å². The molecule has 0 atom stereocenters. The second-order valence-corrected chi connectivity index (χ2v) is 3.39. The lowest BCUT2D eigenvalue weighted by Crippen LogP contribution is -2.07. The normalized spacial score (nSPS) is 13.8. The van der Waals surface area contributed by atoms with E-state index in [0.29, 0.717) is 5.92 Å². The van der Waals surface area contributed by atoms with Crippen LogP contribution in [0.25, 0.3) is 0 Å². The predicted octanol–water partition coefficient (Wildman–Crippen LogP) is 2.23. The van der Waals surface area contributed by atoms with Gasteiger partial charge in [-0.1, -0.05) is 13.8 Å². The molecule has 0 radical (unpaired) electrons. The van der Waals surface area contributed by atoms with Gasteiger partial charge in [0.15, 0.2) is 0 Å². The molecule has 0 fully saturated rings. The Kier molecular flexibility index (Phi) is 5.43. The van der Waals surface area contributed by atoms with Gasteiger partial charge in [-0.3, -0.25) is 4.99 Å². The fraction of sp³-hybridized carbons (Fsp3) is 0.700. The van der Waals surface area contributed by atoms with Crippen molar-refractivity contribution < 1.29 is 0 Å². The summed E-state index contributed by atoms with van der Waals surface area (Å²) >= 11 is 0. The Morgan fingerprint density at radius 1 is 1.50 bits per heavy atom. The van der Waals surface area contributed by atoms with Crippen LogP contribution in [0.3, 0.4) is 0 Å². The molecule has 2 nitrogen and oxygen atoms in total. The Morgan fingerprint density at radius 3 is 2.42 bits per heavy atom. The van der Waals surface area contributed by atoms with E-state index >= 15 is 0 Å². The molecule has 2 heteroatoms. The van der Waals surface area contributed by atoms with Gasteiger partial charge in [0.05, 0.1) is 0 Å². The second kappa shape index (κ2) is 5.81. The van der Waals surface area contributed by atoms with Gasteiger partial charge in [0.2, 0.25) is 0 Å². The predicted molar refractivity (Wildman–Crippen MR) is 55.6 cm³/mol. The number of rotatable bonds is 4. The molecule has 0 rings (SSSR count). The van der Waals surface area contributed by atoms with Crippen LogP contribution in [0.15, 0.2) is 16.8 Å². The van der Waals surface area contributed by atoms with Crippen LogP contribution < -0.4 is 5.32 Å². The van der Waals surface area contributed by atoms with Gasteiger partial charge in [0.25, 0.3) is 0 Å². The van der Waals surface area contributed by atoms with E-state index in [1.807, 2.05) is 21.0 Å². The molecule has 0 aromatic carbocycles. The highest BCUT2D eigenvalue weighted by Crippen LogP contribution is 2.03. The lowest BCUT2D eigenvalue weighted by molar-refractivity contribution is 0.684. The number of aliphatic imine (C=N–C) groups is 1. The van der Waals surface area contributed by atoms with Crippen molar-refractivity contribution in [1.82, 2.24) is 5.32 Å². The van der Waals surface area contributed by atoms with Crippen molar-refractivity contribution in [1.29, 1.82) is 0 Å². The number of nitrogens with one attached hydrogen (secondary N) is 1. The number of hydrogen-bond donors (Lipinski definition) is 1. The SMILES string of the molecule is C/N=C(\C=C(\C)NC)CC(C)C. The van der Waals surface area contributed by atoms with E-state index in [1.54, 1.807) is 0 Å². The molecule has 70 valence electrons. The summed E-state index contributed by atoms with van der Waals surface area (Å²) in [7, 11) is 3.77. The topological polar surface area (TPSA) is 24.4 Å². The quantitative estimate of drug-likeness (QED) is 0.640. The Labute approximate surface area is 75.8 Å². The van der Waals surface area contributed by atoms with Crippen molar-refractivity contribution in [2.75, 3.05) is 14.1 Å². The molecular weight excluding hydrogens is 148 g/mol. The smallest absolute Gasteiger partial charge is 0.0364 e. The van der Waals surface area contributed by atoms with Crippen molar-refractivity contribution in [3.05, 3.63) is 11.8 Å². The lowest BCUT2D eigenvalue weighted by atomic mass is 10.1. The minimum absolute atomic E-state index is 0.671. The molecule has 0 aliphatic carbocycles. The first kappa shape index (κ1) is 11.2. The molecule has 0 aliphatic heterocycles. The molecule has 12 heavy (non-hydrogen) atoms. The minimum atomic E-state index is 0.671. The largest absolute Gasteiger partial charge is 0.392 e. The average Bonchev–Trinajstić information content (AvgIpc) is 2.02. The molecule has 0 bridgehead atoms. The third-order valence-electron chi connectivity index (χ3n) is 1.68. The molecule has 1 N–H and O–H groups in total. The van der Waals surface area contributed by atoms with Gasteiger partial charge >= 0.3 is 0 Å². The maximum Gasteiger partial charge on any atom is 0.0364 e. The molecule has 0 spiro atoms. The van der Waals surface area contributed by atoms with E-state index < -0.39 is 0 Å². The van der Waals surface area contributed by atoms with Crippen LogP contribution >= 0.6 is 0 Å². The van der Waals surface area contributed by atoms with E-state index in [2.05, 4.69) is 30.2 Å². The number of nitrogens with zero attached hydrogens (tertiary/aromatic N) is 1.